The van der Waals surface area contributed by atoms with Gasteiger partial charge in [-0.05, 0) is 24.0 Å². The smallest absolute Gasteiger partial charge is 0.175 e. The van der Waals surface area contributed by atoms with E-state index in [9.17, 15) is 5.11 Å². The van der Waals surface area contributed by atoms with Gasteiger partial charge in [0.1, 0.15) is 0 Å². The van der Waals surface area contributed by atoms with Gasteiger partial charge >= 0.3 is 0 Å². The van der Waals surface area contributed by atoms with Crippen LogP contribution in [0.4, 0.5) is 0 Å². The van der Waals surface area contributed by atoms with Gasteiger partial charge in [-0.1, -0.05) is 19.3 Å². The van der Waals surface area contributed by atoms with E-state index in [2.05, 4.69) is 15.4 Å². The van der Waals surface area contributed by atoms with Crippen LogP contribution >= 0.6 is 0 Å². The van der Waals surface area contributed by atoms with Crippen molar-refractivity contribution in [2.75, 3.05) is 0 Å². The first-order valence-electron chi connectivity index (χ1n) is 5.66. The zero-order chi connectivity index (χ0) is 10.7. The molecule has 15 heavy (non-hydrogen) atoms. The van der Waals surface area contributed by atoms with E-state index >= 15 is 0 Å². The van der Waals surface area contributed by atoms with E-state index in [0.29, 0.717) is 5.92 Å². The van der Waals surface area contributed by atoms with Crippen molar-refractivity contribution in [1.29, 1.82) is 0 Å². The molecule has 2 unspecified atom stereocenters. The number of hydrogen-bond donors (Lipinski definition) is 1. The number of aryl methyl sites for hydroxylation is 1. The Balaban J connectivity index is 1.97. The first-order chi connectivity index (χ1) is 7.25. The van der Waals surface area contributed by atoms with Crippen LogP contribution in [0.2, 0.25) is 0 Å². The molecule has 0 aromatic carbocycles. The number of aliphatic hydroxyl groups excluding tert-OH is 1. The minimum absolute atomic E-state index is 0.184. The number of nitrogens with zero attached hydrogens (tertiary/aromatic N) is 4. The molecule has 0 spiro atoms. The van der Waals surface area contributed by atoms with Crippen LogP contribution in [0.3, 0.4) is 0 Å². The SMILES string of the molecule is Cn1nnc(CC2CCCCCC2O)n1. The van der Waals surface area contributed by atoms with Gasteiger partial charge in [0.25, 0.3) is 0 Å². The summed E-state index contributed by atoms with van der Waals surface area (Å²) in [6.07, 6.45) is 6.17. The van der Waals surface area contributed by atoms with Gasteiger partial charge in [0.05, 0.1) is 13.2 Å². The lowest BCUT2D eigenvalue weighted by Crippen LogP contribution is -2.21. The molecule has 0 saturated heterocycles. The minimum atomic E-state index is -0.184. The summed E-state index contributed by atoms with van der Waals surface area (Å²) >= 11 is 0. The third-order valence-electron chi connectivity index (χ3n) is 3.11. The van der Waals surface area contributed by atoms with E-state index in [4.69, 9.17) is 0 Å². The second kappa shape index (κ2) is 4.70. The van der Waals surface area contributed by atoms with Gasteiger partial charge < -0.3 is 5.11 Å². The second-order valence-electron chi connectivity index (χ2n) is 4.36. The Morgan fingerprint density at radius 3 is 2.87 bits per heavy atom. The predicted molar refractivity (Wildman–Crippen MR) is 55.1 cm³/mol. The zero-order valence-electron chi connectivity index (χ0n) is 9.13. The van der Waals surface area contributed by atoms with Crippen LogP contribution < -0.4 is 0 Å². The molecule has 2 rings (SSSR count). The quantitative estimate of drug-likeness (QED) is 0.730. The summed E-state index contributed by atoms with van der Waals surface area (Å²) in [6, 6.07) is 0. The van der Waals surface area contributed by atoms with Gasteiger partial charge in [0.15, 0.2) is 5.82 Å². The molecule has 2 atom stereocenters. The topological polar surface area (TPSA) is 63.8 Å². The second-order valence-corrected chi connectivity index (χ2v) is 4.36. The lowest BCUT2D eigenvalue weighted by molar-refractivity contribution is 0.0995. The molecule has 1 N–H and O–H groups in total. The molecule has 1 saturated carbocycles. The molecule has 5 heteroatoms. The number of tetrazole rings is 1. The van der Waals surface area contributed by atoms with E-state index in [1.54, 1.807) is 7.05 Å². The Morgan fingerprint density at radius 1 is 1.33 bits per heavy atom. The van der Waals surface area contributed by atoms with Crippen molar-refractivity contribution in [3.05, 3.63) is 5.82 Å². The average molecular weight is 210 g/mol. The van der Waals surface area contributed by atoms with Crippen LogP contribution in [0.25, 0.3) is 0 Å². The lowest BCUT2D eigenvalue weighted by Gasteiger charge is -2.18. The molecular formula is C10H18N4O. The molecule has 5 nitrogen and oxygen atoms in total. The van der Waals surface area contributed by atoms with E-state index < -0.39 is 0 Å². The van der Waals surface area contributed by atoms with Gasteiger partial charge in [-0.2, -0.15) is 4.80 Å². The van der Waals surface area contributed by atoms with Crippen molar-refractivity contribution in [1.82, 2.24) is 20.2 Å². The van der Waals surface area contributed by atoms with Gasteiger partial charge in [0.2, 0.25) is 0 Å². The highest BCUT2D eigenvalue weighted by molar-refractivity contribution is 4.85. The van der Waals surface area contributed by atoms with E-state index in [1.165, 1.54) is 17.6 Å². The number of aromatic nitrogens is 4. The Bertz CT molecular complexity index is 312. The Hall–Kier alpha value is -0.970. The maximum atomic E-state index is 9.93. The number of rotatable bonds is 2. The Labute approximate surface area is 89.5 Å². The lowest BCUT2D eigenvalue weighted by atomic mass is 9.94. The number of hydrogen-bond acceptors (Lipinski definition) is 4. The third kappa shape index (κ3) is 2.75. The first-order valence-corrected chi connectivity index (χ1v) is 5.66. The van der Waals surface area contributed by atoms with Crippen LogP contribution in [0, 0.1) is 5.92 Å². The average Bonchev–Trinajstić information content (AvgIpc) is 2.50. The summed E-state index contributed by atoms with van der Waals surface area (Å²) in [5.74, 6) is 1.07. The van der Waals surface area contributed by atoms with Crippen molar-refractivity contribution in [3.63, 3.8) is 0 Å². The highest BCUT2D eigenvalue weighted by Crippen LogP contribution is 2.25. The summed E-state index contributed by atoms with van der Waals surface area (Å²) in [5.41, 5.74) is 0. The molecule has 1 aromatic heterocycles. The van der Waals surface area contributed by atoms with Gasteiger partial charge in [-0.15, -0.1) is 10.2 Å². The molecule has 1 heterocycles. The van der Waals surface area contributed by atoms with E-state index in [-0.39, 0.29) is 6.10 Å². The number of aliphatic hydroxyl groups is 1. The summed E-state index contributed by atoms with van der Waals surface area (Å²) in [6.45, 7) is 0. The van der Waals surface area contributed by atoms with Crippen LogP contribution in [0.5, 0.6) is 0 Å². The fourth-order valence-electron chi connectivity index (χ4n) is 2.24. The summed E-state index contributed by atoms with van der Waals surface area (Å²) in [5, 5.41) is 21.9. The first kappa shape index (κ1) is 10.5. The van der Waals surface area contributed by atoms with Gasteiger partial charge in [-0.3, -0.25) is 0 Å². The molecule has 0 aliphatic heterocycles. The minimum Gasteiger partial charge on any atom is -0.393 e. The summed E-state index contributed by atoms with van der Waals surface area (Å²) < 4.78 is 0. The molecule has 1 aliphatic rings. The zero-order valence-corrected chi connectivity index (χ0v) is 9.13. The van der Waals surface area contributed by atoms with Crippen LogP contribution in [0.1, 0.15) is 37.9 Å². The summed E-state index contributed by atoms with van der Waals surface area (Å²) in [7, 11) is 1.76. The molecule has 0 radical (unpaired) electrons. The van der Waals surface area contributed by atoms with Crippen molar-refractivity contribution in [3.8, 4) is 0 Å². The predicted octanol–water partition coefficient (Wildman–Crippen LogP) is 0.694. The van der Waals surface area contributed by atoms with Crippen molar-refractivity contribution < 1.29 is 5.11 Å². The maximum absolute atomic E-state index is 9.93. The molecule has 0 amide bonds. The van der Waals surface area contributed by atoms with E-state index in [1.807, 2.05) is 0 Å². The third-order valence-corrected chi connectivity index (χ3v) is 3.11. The molecule has 0 bridgehead atoms. The van der Waals surface area contributed by atoms with E-state index in [0.717, 1.165) is 31.5 Å². The molecule has 1 aromatic rings. The normalized spacial score (nSPS) is 27.6. The van der Waals surface area contributed by atoms with Crippen LogP contribution in [-0.2, 0) is 13.5 Å². The fourth-order valence-corrected chi connectivity index (χ4v) is 2.24. The molecule has 84 valence electrons. The van der Waals surface area contributed by atoms with Crippen LogP contribution in [0.15, 0.2) is 0 Å². The van der Waals surface area contributed by atoms with Crippen LogP contribution in [-0.4, -0.2) is 31.4 Å². The Kier molecular flexibility index (Phi) is 3.30. The van der Waals surface area contributed by atoms with Crippen molar-refractivity contribution >= 4 is 0 Å². The molecule has 1 aliphatic carbocycles. The highest BCUT2D eigenvalue weighted by Gasteiger charge is 2.23. The summed E-state index contributed by atoms with van der Waals surface area (Å²) in [4.78, 5) is 1.47. The molecular weight excluding hydrogens is 192 g/mol. The van der Waals surface area contributed by atoms with Crippen molar-refractivity contribution in [2.45, 2.75) is 44.6 Å². The van der Waals surface area contributed by atoms with Gasteiger partial charge in [0, 0.05) is 6.42 Å². The van der Waals surface area contributed by atoms with Crippen molar-refractivity contribution in [2.24, 2.45) is 13.0 Å². The monoisotopic (exact) mass is 210 g/mol. The highest BCUT2D eigenvalue weighted by atomic mass is 16.3. The Morgan fingerprint density at radius 2 is 2.13 bits per heavy atom. The molecule has 1 fully saturated rings. The van der Waals surface area contributed by atoms with Gasteiger partial charge in [-0.25, -0.2) is 0 Å². The fraction of sp³-hybridized carbons (Fsp3) is 0.900. The largest absolute Gasteiger partial charge is 0.393 e. The standard InChI is InChI=1S/C10H18N4O/c1-14-12-10(11-13-14)7-8-5-3-2-4-6-9(8)15/h8-9,15H,2-7H2,1H3. The maximum Gasteiger partial charge on any atom is 0.175 e.